The third-order valence-corrected chi connectivity index (χ3v) is 3.55. The number of piperidine rings is 1. The third kappa shape index (κ3) is 2.25. The lowest BCUT2D eigenvalue weighted by Crippen LogP contribution is -2.52. The number of hydrogen-bond donors (Lipinski definition) is 1. The average Bonchev–Trinajstić information content (AvgIpc) is 2.69. The molecule has 1 heterocycles. The number of carbonyl (C=O) groups is 1. The van der Waals surface area contributed by atoms with Crippen molar-refractivity contribution in [3.63, 3.8) is 0 Å². The first-order valence-corrected chi connectivity index (χ1v) is 6.09. The summed E-state index contributed by atoms with van der Waals surface area (Å²) in [6, 6.07) is -0.686. The molecule has 1 saturated carbocycles. The van der Waals surface area contributed by atoms with Crippen LogP contribution in [0.1, 0.15) is 33.6 Å². The second-order valence-electron chi connectivity index (χ2n) is 5.98. The smallest absolute Gasteiger partial charge is 0.410 e. The predicted molar refractivity (Wildman–Crippen MR) is 60.4 cm³/mol. The molecule has 1 amide bonds. The molecule has 1 saturated heterocycles. The molecule has 4 nitrogen and oxygen atoms in total. The number of alkyl halides is 1. The van der Waals surface area contributed by atoms with Gasteiger partial charge in [0, 0.05) is 0 Å². The van der Waals surface area contributed by atoms with E-state index in [-0.39, 0.29) is 12.0 Å². The largest absolute Gasteiger partial charge is 0.444 e. The van der Waals surface area contributed by atoms with Gasteiger partial charge in [-0.1, -0.05) is 0 Å². The van der Waals surface area contributed by atoms with Gasteiger partial charge in [-0.2, -0.15) is 0 Å². The molecule has 0 aromatic heterocycles. The molecule has 1 N–H and O–H groups in total. The SMILES string of the molecule is CC(C)(C)OC(=O)N1C2CC(CC2O)C1CF. The van der Waals surface area contributed by atoms with Gasteiger partial charge in [-0.25, -0.2) is 9.18 Å². The lowest BCUT2D eigenvalue weighted by molar-refractivity contribution is -0.0216. The van der Waals surface area contributed by atoms with Crippen molar-refractivity contribution in [2.75, 3.05) is 6.67 Å². The van der Waals surface area contributed by atoms with E-state index >= 15 is 0 Å². The van der Waals surface area contributed by atoms with E-state index < -0.39 is 30.5 Å². The van der Waals surface area contributed by atoms with Gasteiger partial charge in [-0.15, -0.1) is 0 Å². The quantitative estimate of drug-likeness (QED) is 0.765. The Hall–Kier alpha value is -0.840. The molecule has 98 valence electrons. The van der Waals surface area contributed by atoms with Crippen LogP contribution in [0.15, 0.2) is 0 Å². The van der Waals surface area contributed by atoms with Gasteiger partial charge < -0.3 is 9.84 Å². The summed E-state index contributed by atoms with van der Waals surface area (Å²) in [6.07, 6.45) is 0.245. The molecule has 2 bridgehead atoms. The monoisotopic (exact) mass is 245 g/mol. The standard InChI is InChI=1S/C12H20FNO3/c1-12(2,3)17-11(16)14-8-4-7(5-10(8)15)9(14)6-13/h7-10,15H,4-6H2,1-3H3. The number of fused-ring (bicyclic) bond motifs is 2. The molecule has 2 rings (SSSR count). The average molecular weight is 245 g/mol. The number of aliphatic hydroxyl groups is 1. The van der Waals surface area contributed by atoms with E-state index in [1.54, 1.807) is 20.8 Å². The summed E-state index contributed by atoms with van der Waals surface area (Å²) in [4.78, 5) is 13.4. The van der Waals surface area contributed by atoms with Crippen LogP contribution in [0.25, 0.3) is 0 Å². The van der Waals surface area contributed by atoms with Gasteiger partial charge in [-0.05, 0) is 39.5 Å². The Morgan fingerprint density at radius 2 is 2.12 bits per heavy atom. The summed E-state index contributed by atoms with van der Waals surface area (Å²) >= 11 is 0. The Morgan fingerprint density at radius 1 is 1.47 bits per heavy atom. The Balaban J connectivity index is 2.11. The number of halogens is 1. The van der Waals surface area contributed by atoms with E-state index in [9.17, 15) is 14.3 Å². The minimum Gasteiger partial charge on any atom is -0.444 e. The van der Waals surface area contributed by atoms with Crippen LogP contribution in [0.3, 0.4) is 0 Å². The van der Waals surface area contributed by atoms with Gasteiger partial charge in [0.2, 0.25) is 0 Å². The summed E-state index contributed by atoms with van der Waals surface area (Å²) in [7, 11) is 0. The molecule has 4 unspecified atom stereocenters. The minimum atomic E-state index is -0.593. The molecular weight excluding hydrogens is 225 g/mol. The zero-order valence-corrected chi connectivity index (χ0v) is 10.5. The second-order valence-corrected chi connectivity index (χ2v) is 5.98. The maximum atomic E-state index is 13.0. The minimum absolute atomic E-state index is 0.0764. The van der Waals surface area contributed by atoms with Crippen molar-refractivity contribution in [1.29, 1.82) is 0 Å². The molecule has 17 heavy (non-hydrogen) atoms. The van der Waals surface area contributed by atoms with Crippen LogP contribution in [-0.4, -0.2) is 46.6 Å². The molecular formula is C12H20FNO3. The fraction of sp³-hybridized carbons (Fsp3) is 0.917. The summed E-state index contributed by atoms with van der Waals surface area (Å²) in [5, 5.41) is 9.78. The molecule has 5 heteroatoms. The Bertz CT molecular complexity index is 313. The van der Waals surface area contributed by atoms with E-state index in [1.165, 1.54) is 4.90 Å². The van der Waals surface area contributed by atoms with Crippen LogP contribution in [0.2, 0.25) is 0 Å². The zero-order chi connectivity index (χ0) is 12.8. The molecule has 4 atom stereocenters. The molecule has 1 aliphatic heterocycles. The van der Waals surface area contributed by atoms with Crippen molar-refractivity contribution < 1.29 is 19.0 Å². The summed E-state index contributed by atoms with van der Waals surface area (Å²) < 4.78 is 18.3. The number of rotatable bonds is 1. The second kappa shape index (κ2) is 4.12. The fourth-order valence-corrected chi connectivity index (χ4v) is 2.90. The van der Waals surface area contributed by atoms with E-state index in [0.29, 0.717) is 12.8 Å². The van der Waals surface area contributed by atoms with E-state index in [0.717, 1.165) is 0 Å². The number of aliphatic hydroxyl groups excluding tert-OH is 1. The van der Waals surface area contributed by atoms with Crippen molar-refractivity contribution in [3.8, 4) is 0 Å². The van der Waals surface area contributed by atoms with Gasteiger partial charge in [0.1, 0.15) is 12.3 Å². The number of amides is 1. The number of likely N-dealkylation sites (tertiary alicyclic amines) is 1. The highest BCUT2D eigenvalue weighted by atomic mass is 19.1. The van der Waals surface area contributed by atoms with E-state index in [2.05, 4.69) is 0 Å². The number of ether oxygens (including phenoxy) is 1. The molecule has 0 aromatic rings. The molecule has 2 fully saturated rings. The third-order valence-electron chi connectivity index (χ3n) is 3.55. The highest BCUT2D eigenvalue weighted by Crippen LogP contribution is 2.43. The Morgan fingerprint density at radius 3 is 2.65 bits per heavy atom. The van der Waals surface area contributed by atoms with Crippen LogP contribution in [0, 0.1) is 5.92 Å². The first-order chi connectivity index (χ1) is 7.83. The highest BCUT2D eigenvalue weighted by molar-refractivity contribution is 5.70. The van der Waals surface area contributed by atoms with Crippen molar-refractivity contribution in [3.05, 3.63) is 0 Å². The summed E-state index contributed by atoms with van der Waals surface area (Å²) in [5.74, 6) is 0.0764. The van der Waals surface area contributed by atoms with Crippen molar-refractivity contribution in [2.45, 2.75) is 57.4 Å². The number of nitrogens with zero attached hydrogens (tertiary/aromatic N) is 1. The highest BCUT2D eigenvalue weighted by Gasteiger charge is 2.53. The van der Waals surface area contributed by atoms with Crippen molar-refractivity contribution >= 4 is 6.09 Å². The molecule has 0 aromatic carbocycles. The van der Waals surface area contributed by atoms with Crippen LogP contribution >= 0.6 is 0 Å². The summed E-state index contributed by atoms with van der Waals surface area (Å²) in [5.41, 5.74) is -0.593. The van der Waals surface area contributed by atoms with Gasteiger partial charge in [-0.3, -0.25) is 4.90 Å². The molecule has 0 radical (unpaired) electrons. The zero-order valence-electron chi connectivity index (χ0n) is 10.5. The lowest BCUT2D eigenvalue weighted by Gasteiger charge is -2.37. The van der Waals surface area contributed by atoms with E-state index in [1.807, 2.05) is 0 Å². The number of carbonyl (C=O) groups excluding carboxylic acids is 1. The first-order valence-electron chi connectivity index (χ1n) is 6.09. The van der Waals surface area contributed by atoms with Crippen molar-refractivity contribution in [2.24, 2.45) is 5.92 Å². The van der Waals surface area contributed by atoms with Crippen LogP contribution in [0.4, 0.5) is 9.18 Å². The molecule has 0 spiro atoms. The predicted octanol–water partition coefficient (Wildman–Crippen LogP) is 1.71. The van der Waals surface area contributed by atoms with Gasteiger partial charge in [0.05, 0.1) is 18.2 Å². The van der Waals surface area contributed by atoms with Gasteiger partial charge >= 0.3 is 6.09 Å². The maximum absolute atomic E-state index is 13.0. The Kier molecular flexibility index (Phi) is 3.06. The number of hydrogen-bond acceptors (Lipinski definition) is 3. The normalized spacial score (nSPS) is 36.4. The first kappa shape index (κ1) is 12.6. The maximum Gasteiger partial charge on any atom is 0.410 e. The topological polar surface area (TPSA) is 49.8 Å². The van der Waals surface area contributed by atoms with Crippen molar-refractivity contribution in [1.82, 2.24) is 4.90 Å². The van der Waals surface area contributed by atoms with Crippen LogP contribution < -0.4 is 0 Å². The van der Waals surface area contributed by atoms with Crippen LogP contribution in [0.5, 0.6) is 0 Å². The molecule has 2 aliphatic rings. The summed E-state index contributed by atoms with van der Waals surface area (Å²) in [6.45, 7) is 4.77. The van der Waals surface area contributed by atoms with Gasteiger partial charge in [0.25, 0.3) is 0 Å². The lowest BCUT2D eigenvalue weighted by atomic mass is 9.99. The Labute approximate surface area is 101 Å². The van der Waals surface area contributed by atoms with E-state index in [4.69, 9.17) is 4.74 Å². The fourth-order valence-electron chi connectivity index (χ4n) is 2.90. The molecule has 1 aliphatic carbocycles. The van der Waals surface area contributed by atoms with Gasteiger partial charge in [0.15, 0.2) is 0 Å². The van der Waals surface area contributed by atoms with Crippen LogP contribution in [-0.2, 0) is 4.74 Å².